The number of thioether (sulfide) groups is 1. The van der Waals surface area contributed by atoms with Crippen molar-refractivity contribution >= 4 is 46.8 Å². The molecule has 0 radical (unpaired) electrons. The zero-order valence-corrected chi connectivity index (χ0v) is 23.6. The van der Waals surface area contributed by atoms with Crippen LogP contribution in [0.5, 0.6) is 5.75 Å². The molecule has 0 aliphatic carbocycles. The first-order chi connectivity index (χ1) is 17.8. The van der Waals surface area contributed by atoms with Gasteiger partial charge in [-0.3, -0.25) is 9.59 Å². The normalized spacial score (nSPS) is 11.7. The van der Waals surface area contributed by atoms with Crippen LogP contribution in [0.1, 0.15) is 30.5 Å². The van der Waals surface area contributed by atoms with Crippen molar-refractivity contribution in [2.24, 2.45) is 0 Å². The van der Waals surface area contributed by atoms with Crippen LogP contribution in [0, 0.1) is 0 Å². The Morgan fingerprint density at radius 1 is 0.919 bits per heavy atom. The Labute approximate surface area is 233 Å². The summed E-state index contributed by atoms with van der Waals surface area (Å²) in [5, 5.41) is 3.99. The fourth-order valence-electron chi connectivity index (χ4n) is 3.87. The minimum atomic E-state index is -0.672. The molecule has 0 saturated carbocycles. The molecule has 3 aromatic carbocycles. The molecule has 0 saturated heterocycles. The largest absolute Gasteiger partial charge is 0.497 e. The van der Waals surface area contributed by atoms with Crippen LogP contribution in [0.4, 0.5) is 0 Å². The fourth-order valence-corrected chi connectivity index (χ4v) is 5.05. The zero-order chi connectivity index (χ0) is 26.8. The molecule has 3 rings (SSSR count). The molecule has 8 heteroatoms. The Morgan fingerprint density at radius 3 is 2.32 bits per heavy atom. The lowest BCUT2D eigenvalue weighted by Gasteiger charge is -2.32. The van der Waals surface area contributed by atoms with Crippen LogP contribution in [0.15, 0.2) is 72.8 Å². The molecule has 37 heavy (non-hydrogen) atoms. The van der Waals surface area contributed by atoms with E-state index >= 15 is 0 Å². The van der Waals surface area contributed by atoms with Crippen molar-refractivity contribution in [3.8, 4) is 5.75 Å². The standard InChI is InChI=1S/C29H32Cl2N2O3S/c1-20(2)32-29(35)27(16-21-8-5-4-6-9-21)33(17-22-10-7-11-24(14-22)36-3)28(34)19-37-18-23-12-13-25(30)26(31)15-23/h4-15,20,27H,16-19H2,1-3H3,(H,32,35)/t27-/m1/s1. The van der Waals surface area contributed by atoms with Crippen molar-refractivity contribution in [3.63, 3.8) is 0 Å². The van der Waals surface area contributed by atoms with Crippen LogP contribution in [-0.4, -0.2) is 41.7 Å². The minimum absolute atomic E-state index is 0.0522. The van der Waals surface area contributed by atoms with Crippen molar-refractivity contribution in [2.75, 3.05) is 12.9 Å². The lowest BCUT2D eigenvalue weighted by atomic mass is 10.0. The third-order valence-electron chi connectivity index (χ3n) is 5.67. The summed E-state index contributed by atoms with van der Waals surface area (Å²) in [4.78, 5) is 28.8. The molecule has 0 fully saturated rings. The van der Waals surface area contributed by atoms with Gasteiger partial charge in [-0.2, -0.15) is 0 Å². The van der Waals surface area contributed by atoms with Crippen molar-refractivity contribution in [2.45, 2.75) is 44.6 Å². The monoisotopic (exact) mass is 558 g/mol. The van der Waals surface area contributed by atoms with Crippen LogP contribution in [0.3, 0.4) is 0 Å². The van der Waals surface area contributed by atoms with E-state index in [4.69, 9.17) is 27.9 Å². The third kappa shape index (κ3) is 8.99. The van der Waals surface area contributed by atoms with Gasteiger partial charge >= 0.3 is 0 Å². The number of hydrogen-bond donors (Lipinski definition) is 1. The number of carbonyl (C=O) groups is 2. The summed E-state index contributed by atoms with van der Waals surface area (Å²) in [6, 6.07) is 22.1. The number of benzene rings is 3. The lowest BCUT2D eigenvalue weighted by molar-refractivity contribution is -0.139. The summed E-state index contributed by atoms with van der Waals surface area (Å²) in [6.07, 6.45) is 0.409. The zero-order valence-electron chi connectivity index (χ0n) is 21.2. The second-order valence-corrected chi connectivity index (χ2v) is 10.8. The molecule has 3 aromatic rings. The Balaban J connectivity index is 1.86. The number of halogens is 2. The highest BCUT2D eigenvalue weighted by Gasteiger charge is 2.30. The Kier molecular flexibility index (Phi) is 11.2. The first kappa shape index (κ1) is 28.9. The third-order valence-corrected chi connectivity index (χ3v) is 7.39. The van der Waals surface area contributed by atoms with Crippen LogP contribution in [-0.2, 0) is 28.3 Å². The number of carbonyl (C=O) groups excluding carboxylic acids is 2. The van der Waals surface area contributed by atoms with Crippen LogP contribution in [0.25, 0.3) is 0 Å². The predicted molar refractivity (Wildman–Crippen MR) is 153 cm³/mol. The molecule has 1 atom stereocenters. The molecule has 0 aliphatic rings. The van der Waals surface area contributed by atoms with Crippen molar-refractivity contribution < 1.29 is 14.3 Å². The number of nitrogens with one attached hydrogen (secondary N) is 1. The second kappa shape index (κ2) is 14.3. The van der Waals surface area contributed by atoms with Gasteiger partial charge in [0.1, 0.15) is 11.8 Å². The number of hydrogen-bond acceptors (Lipinski definition) is 4. The summed E-state index contributed by atoms with van der Waals surface area (Å²) in [5.41, 5.74) is 2.85. The summed E-state index contributed by atoms with van der Waals surface area (Å²) >= 11 is 13.6. The van der Waals surface area contributed by atoms with E-state index in [1.54, 1.807) is 18.1 Å². The SMILES string of the molecule is COc1cccc(CN(C(=O)CSCc2ccc(Cl)c(Cl)c2)[C@H](Cc2ccccc2)C(=O)NC(C)C)c1. The Hall–Kier alpha value is -2.67. The van der Waals surface area contributed by atoms with Crippen LogP contribution >= 0.6 is 35.0 Å². The Morgan fingerprint density at radius 2 is 1.65 bits per heavy atom. The minimum Gasteiger partial charge on any atom is -0.497 e. The average molecular weight is 560 g/mol. The van der Waals surface area contributed by atoms with Gasteiger partial charge in [-0.15, -0.1) is 11.8 Å². The molecule has 5 nitrogen and oxygen atoms in total. The highest BCUT2D eigenvalue weighted by atomic mass is 35.5. The summed E-state index contributed by atoms with van der Waals surface area (Å²) < 4.78 is 5.38. The maximum Gasteiger partial charge on any atom is 0.243 e. The van der Waals surface area contributed by atoms with Crippen molar-refractivity contribution in [1.82, 2.24) is 10.2 Å². The number of ether oxygens (including phenoxy) is 1. The van der Waals surface area contributed by atoms with Gasteiger partial charge in [0.05, 0.1) is 22.9 Å². The van der Waals surface area contributed by atoms with Crippen LogP contribution in [0.2, 0.25) is 10.0 Å². The Bertz CT molecular complexity index is 1190. The van der Waals surface area contributed by atoms with E-state index in [0.717, 1.165) is 16.7 Å². The number of rotatable bonds is 12. The van der Waals surface area contributed by atoms with Gasteiger partial charge in [-0.25, -0.2) is 0 Å². The molecule has 2 amide bonds. The van der Waals surface area contributed by atoms with Gasteiger partial charge in [0, 0.05) is 24.8 Å². The van der Waals surface area contributed by atoms with Crippen LogP contribution < -0.4 is 10.1 Å². The number of methoxy groups -OCH3 is 1. The first-order valence-electron chi connectivity index (χ1n) is 12.0. The van der Waals surface area contributed by atoms with E-state index in [1.807, 2.05) is 80.6 Å². The molecule has 0 aliphatic heterocycles. The first-order valence-corrected chi connectivity index (χ1v) is 14.0. The molecule has 1 N–H and O–H groups in total. The molecule has 0 spiro atoms. The van der Waals surface area contributed by atoms with Gasteiger partial charge in [-0.1, -0.05) is 71.7 Å². The maximum atomic E-state index is 13.7. The lowest BCUT2D eigenvalue weighted by Crippen LogP contribution is -2.52. The second-order valence-electron chi connectivity index (χ2n) is 8.98. The predicted octanol–water partition coefficient (Wildman–Crippen LogP) is 6.40. The van der Waals surface area contributed by atoms with Gasteiger partial charge < -0.3 is 15.0 Å². The van der Waals surface area contributed by atoms with Gasteiger partial charge in [-0.05, 0) is 54.8 Å². The molecule has 0 unspecified atom stereocenters. The fraction of sp³-hybridized carbons (Fsp3) is 0.310. The van der Waals surface area contributed by atoms with E-state index in [2.05, 4.69) is 5.32 Å². The van der Waals surface area contributed by atoms with E-state index in [-0.39, 0.29) is 30.2 Å². The molecule has 0 bridgehead atoms. The average Bonchev–Trinajstić information content (AvgIpc) is 2.88. The molecular formula is C29H32Cl2N2O3S. The number of nitrogens with zero attached hydrogens (tertiary/aromatic N) is 1. The van der Waals surface area contributed by atoms with Crippen molar-refractivity contribution in [3.05, 3.63) is 99.5 Å². The maximum absolute atomic E-state index is 13.7. The highest BCUT2D eigenvalue weighted by Crippen LogP contribution is 2.25. The van der Waals surface area contributed by atoms with Gasteiger partial charge in [0.2, 0.25) is 11.8 Å². The smallest absolute Gasteiger partial charge is 0.243 e. The molecule has 196 valence electrons. The van der Waals surface area contributed by atoms with E-state index in [1.165, 1.54) is 11.8 Å². The molecular weight excluding hydrogens is 527 g/mol. The van der Waals surface area contributed by atoms with E-state index in [0.29, 0.717) is 28.0 Å². The van der Waals surface area contributed by atoms with E-state index < -0.39 is 6.04 Å². The summed E-state index contributed by atoms with van der Waals surface area (Å²) in [6.45, 7) is 4.12. The van der Waals surface area contributed by atoms with Crippen molar-refractivity contribution in [1.29, 1.82) is 0 Å². The summed E-state index contributed by atoms with van der Waals surface area (Å²) in [5.74, 6) is 1.21. The highest BCUT2D eigenvalue weighted by molar-refractivity contribution is 7.99. The van der Waals surface area contributed by atoms with E-state index in [9.17, 15) is 9.59 Å². The quantitative estimate of drug-likeness (QED) is 0.279. The topological polar surface area (TPSA) is 58.6 Å². The molecule has 0 heterocycles. The van der Waals surface area contributed by atoms with Gasteiger partial charge in [0.15, 0.2) is 0 Å². The number of amides is 2. The molecule has 0 aromatic heterocycles. The van der Waals surface area contributed by atoms with Gasteiger partial charge in [0.25, 0.3) is 0 Å². The summed E-state index contributed by atoms with van der Waals surface area (Å²) in [7, 11) is 1.61.